The Kier molecular flexibility index (Phi) is 4.27. The zero-order valence-corrected chi connectivity index (χ0v) is 12.9. The van der Waals surface area contributed by atoms with Gasteiger partial charge in [-0.3, -0.25) is 9.36 Å². The maximum absolute atomic E-state index is 10.8. The molecule has 1 aliphatic carbocycles. The molecule has 2 aromatic heterocycles. The van der Waals surface area contributed by atoms with Crippen molar-refractivity contribution in [3.63, 3.8) is 0 Å². The van der Waals surface area contributed by atoms with E-state index < -0.39 is 5.97 Å². The molecule has 2 aromatic rings. The van der Waals surface area contributed by atoms with E-state index in [4.69, 9.17) is 5.11 Å². The lowest BCUT2D eigenvalue weighted by molar-refractivity contribution is -0.133. The van der Waals surface area contributed by atoms with Crippen LogP contribution in [-0.2, 0) is 17.8 Å². The van der Waals surface area contributed by atoms with Gasteiger partial charge in [-0.2, -0.15) is 0 Å². The fourth-order valence-corrected chi connectivity index (χ4v) is 4.39. The third kappa shape index (κ3) is 2.83. The molecule has 2 heterocycles. The lowest BCUT2D eigenvalue weighted by atomic mass is 9.94. The van der Waals surface area contributed by atoms with Gasteiger partial charge >= 0.3 is 5.97 Å². The third-order valence-electron chi connectivity index (χ3n) is 3.53. The van der Waals surface area contributed by atoms with Crippen molar-refractivity contribution < 1.29 is 15.0 Å². The first kappa shape index (κ1) is 14.6. The number of fused-ring (bicyclic) bond motifs is 1. The van der Waals surface area contributed by atoms with Gasteiger partial charge in [0, 0.05) is 4.88 Å². The van der Waals surface area contributed by atoms with Gasteiger partial charge in [-0.1, -0.05) is 11.8 Å². The van der Waals surface area contributed by atoms with Crippen molar-refractivity contribution in [3.05, 3.63) is 27.7 Å². The molecule has 0 fully saturated rings. The van der Waals surface area contributed by atoms with E-state index >= 15 is 0 Å². The van der Waals surface area contributed by atoms with Crippen LogP contribution in [-0.4, -0.2) is 36.7 Å². The van der Waals surface area contributed by atoms with Crippen molar-refractivity contribution >= 4 is 29.1 Å². The predicted octanol–water partition coefficient (Wildman–Crippen LogP) is 1.93. The monoisotopic (exact) mass is 325 g/mol. The highest BCUT2D eigenvalue weighted by Crippen LogP contribution is 2.38. The second kappa shape index (κ2) is 6.17. The van der Waals surface area contributed by atoms with Gasteiger partial charge in [0.15, 0.2) is 11.0 Å². The predicted molar refractivity (Wildman–Crippen MR) is 79.7 cm³/mol. The number of carbonyl (C=O) groups is 1. The topological polar surface area (TPSA) is 88.2 Å². The molecule has 8 heteroatoms. The smallest absolute Gasteiger partial charge is 0.313 e. The lowest BCUT2D eigenvalue weighted by Gasteiger charge is -2.26. The molecular formula is C13H15N3O3S2. The van der Waals surface area contributed by atoms with Crippen LogP contribution in [0.1, 0.15) is 35.1 Å². The van der Waals surface area contributed by atoms with Crippen LogP contribution in [0.4, 0.5) is 0 Å². The molecule has 3 rings (SSSR count). The number of thiophene rings is 1. The van der Waals surface area contributed by atoms with E-state index in [9.17, 15) is 9.90 Å². The van der Waals surface area contributed by atoms with E-state index in [0.29, 0.717) is 11.0 Å². The van der Waals surface area contributed by atoms with E-state index in [1.807, 2.05) is 4.57 Å². The Bertz CT molecular complexity index is 653. The summed E-state index contributed by atoms with van der Waals surface area (Å²) in [6.45, 7) is -0.198. The van der Waals surface area contributed by atoms with E-state index in [2.05, 4.69) is 21.6 Å². The molecule has 6 nitrogen and oxygen atoms in total. The van der Waals surface area contributed by atoms with Crippen molar-refractivity contribution in [2.75, 3.05) is 5.75 Å². The van der Waals surface area contributed by atoms with Crippen molar-refractivity contribution in [2.24, 2.45) is 0 Å². The van der Waals surface area contributed by atoms with Crippen molar-refractivity contribution in [1.82, 2.24) is 14.8 Å². The molecular weight excluding hydrogens is 310 g/mol. The maximum atomic E-state index is 10.8. The molecule has 0 spiro atoms. The number of aryl methyl sites for hydroxylation is 1. The number of rotatable bonds is 5. The number of hydrogen-bond acceptors (Lipinski definition) is 6. The minimum Gasteiger partial charge on any atom is -0.481 e. The second-order valence-electron chi connectivity index (χ2n) is 4.82. The average Bonchev–Trinajstić information content (AvgIpc) is 3.10. The number of carboxylic acids is 1. The van der Waals surface area contributed by atoms with Crippen LogP contribution in [0.25, 0.3) is 0 Å². The highest BCUT2D eigenvalue weighted by molar-refractivity contribution is 7.99. The fourth-order valence-electron chi connectivity index (χ4n) is 2.68. The zero-order valence-electron chi connectivity index (χ0n) is 11.2. The van der Waals surface area contributed by atoms with Crippen LogP contribution in [0.5, 0.6) is 0 Å². The summed E-state index contributed by atoms with van der Waals surface area (Å²) in [6, 6.07) is 2.20. The number of aliphatic hydroxyl groups excluding tert-OH is 1. The van der Waals surface area contributed by atoms with E-state index in [1.54, 1.807) is 11.3 Å². The first-order valence-corrected chi connectivity index (χ1v) is 8.52. The zero-order chi connectivity index (χ0) is 14.8. The average molecular weight is 325 g/mol. The van der Waals surface area contributed by atoms with E-state index in [0.717, 1.165) is 31.0 Å². The number of aliphatic hydroxyl groups is 1. The Balaban J connectivity index is 1.98. The van der Waals surface area contributed by atoms with Gasteiger partial charge in [-0.25, -0.2) is 0 Å². The van der Waals surface area contributed by atoms with Crippen LogP contribution in [0.2, 0.25) is 0 Å². The Morgan fingerprint density at radius 2 is 2.38 bits per heavy atom. The van der Waals surface area contributed by atoms with Gasteiger partial charge in [0.05, 0.1) is 11.8 Å². The molecule has 0 saturated carbocycles. The first-order chi connectivity index (χ1) is 10.2. The normalized spacial score (nSPS) is 17.7. The molecule has 0 aliphatic heterocycles. The van der Waals surface area contributed by atoms with E-state index in [-0.39, 0.29) is 18.4 Å². The molecule has 0 radical (unpaired) electrons. The Hall–Kier alpha value is -1.38. The summed E-state index contributed by atoms with van der Waals surface area (Å²) in [6.07, 6.45) is 3.11. The standard InChI is InChI=1S/C13H15N3O3S2/c17-6-11-14-15-13(21-7-12(18)19)16(11)9-2-1-3-10-8(9)4-5-20-10/h4-5,9,17H,1-3,6-7H2,(H,18,19). The maximum Gasteiger partial charge on any atom is 0.313 e. The summed E-state index contributed by atoms with van der Waals surface area (Å²) < 4.78 is 1.90. The number of aliphatic carboxylic acids is 1. The van der Waals surface area contributed by atoms with Crippen molar-refractivity contribution in [1.29, 1.82) is 0 Å². The first-order valence-electron chi connectivity index (χ1n) is 6.66. The highest BCUT2D eigenvalue weighted by atomic mass is 32.2. The molecule has 0 amide bonds. The molecule has 1 aliphatic rings. The van der Waals surface area contributed by atoms with Crippen LogP contribution in [0.3, 0.4) is 0 Å². The molecule has 1 atom stereocenters. The van der Waals surface area contributed by atoms with Gasteiger partial charge in [0.2, 0.25) is 0 Å². The molecule has 0 aromatic carbocycles. The summed E-state index contributed by atoms with van der Waals surface area (Å²) in [4.78, 5) is 12.1. The van der Waals surface area contributed by atoms with Crippen LogP contribution >= 0.6 is 23.1 Å². The fraction of sp³-hybridized carbons (Fsp3) is 0.462. The molecule has 0 bridgehead atoms. The van der Waals surface area contributed by atoms with Crippen molar-refractivity contribution in [2.45, 2.75) is 37.1 Å². The summed E-state index contributed by atoms with van der Waals surface area (Å²) in [7, 11) is 0. The van der Waals surface area contributed by atoms with Gasteiger partial charge in [-0.05, 0) is 36.3 Å². The quantitative estimate of drug-likeness (QED) is 0.817. The summed E-state index contributed by atoms with van der Waals surface area (Å²) in [5.74, 6) is -0.459. The van der Waals surface area contributed by atoms with Crippen LogP contribution in [0, 0.1) is 0 Å². The highest BCUT2D eigenvalue weighted by Gasteiger charge is 2.27. The van der Waals surface area contributed by atoms with Gasteiger partial charge in [0.25, 0.3) is 0 Å². The molecule has 21 heavy (non-hydrogen) atoms. The Morgan fingerprint density at radius 1 is 1.52 bits per heavy atom. The minimum atomic E-state index is -0.889. The largest absolute Gasteiger partial charge is 0.481 e. The van der Waals surface area contributed by atoms with Gasteiger partial charge < -0.3 is 10.2 Å². The van der Waals surface area contributed by atoms with Crippen molar-refractivity contribution in [3.8, 4) is 0 Å². The second-order valence-corrected chi connectivity index (χ2v) is 6.76. The molecule has 112 valence electrons. The third-order valence-corrected chi connectivity index (χ3v) is 5.46. The number of carboxylic acid groups (broad SMARTS) is 1. The number of aromatic nitrogens is 3. The van der Waals surface area contributed by atoms with Crippen LogP contribution < -0.4 is 0 Å². The molecule has 1 unspecified atom stereocenters. The Morgan fingerprint density at radius 3 is 3.14 bits per heavy atom. The number of hydrogen-bond donors (Lipinski definition) is 2. The Labute approximate surface area is 129 Å². The van der Waals surface area contributed by atoms with Gasteiger partial charge in [0.1, 0.15) is 6.61 Å². The minimum absolute atomic E-state index is 0.0627. The van der Waals surface area contributed by atoms with E-state index in [1.165, 1.54) is 10.4 Å². The number of nitrogens with zero attached hydrogens (tertiary/aromatic N) is 3. The molecule has 0 saturated heterocycles. The molecule has 2 N–H and O–H groups in total. The van der Waals surface area contributed by atoms with Gasteiger partial charge in [-0.15, -0.1) is 21.5 Å². The van der Waals surface area contributed by atoms with Crippen LogP contribution in [0.15, 0.2) is 16.6 Å². The summed E-state index contributed by atoms with van der Waals surface area (Å²) in [5.41, 5.74) is 1.25. The number of thioether (sulfide) groups is 1. The SMILES string of the molecule is O=C(O)CSc1nnc(CO)n1C1CCCc2sccc21. The lowest BCUT2D eigenvalue weighted by Crippen LogP contribution is -2.19. The summed E-state index contributed by atoms with van der Waals surface area (Å²) >= 11 is 2.89. The summed E-state index contributed by atoms with van der Waals surface area (Å²) in [5, 5.41) is 29.0.